The molecule has 1 aromatic carbocycles. The summed E-state index contributed by atoms with van der Waals surface area (Å²) in [6, 6.07) is 7.02. The van der Waals surface area contributed by atoms with E-state index in [1.54, 1.807) is 6.92 Å². The smallest absolute Gasteiger partial charge is 0.0772 e. The van der Waals surface area contributed by atoms with E-state index in [-0.39, 0.29) is 0 Å². The van der Waals surface area contributed by atoms with Gasteiger partial charge in [-0.25, -0.2) is 0 Å². The highest BCUT2D eigenvalue weighted by Crippen LogP contribution is 2.31. The van der Waals surface area contributed by atoms with Crippen LogP contribution in [0.15, 0.2) is 22.7 Å². The van der Waals surface area contributed by atoms with E-state index in [1.165, 1.54) is 37.8 Å². The Balaban J connectivity index is 2.26. The summed E-state index contributed by atoms with van der Waals surface area (Å²) in [6.07, 6.45) is 6.06. The average molecular weight is 326 g/mol. The van der Waals surface area contributed by atoms with Crippen molar-refractivity contribution in [3.63, 3.8) is 0 Å². The first-order valence-corrected chi connectivity index (χ1v) is 8.17. The number of aliphatic hydroxyl groups is 1. The molecule has 1 unspecified atom stereocenters. The van der Waals surface area contributed by atoms with E-state index in [9.17, 15) is 5.11 Å². The quantitative estimate of drug-likeness (QED) is 0.873. The molecular formula is C16H24BrNO. The van der Waals surface area contributed by atoms with Crippen LogP contribution in [0.1, 0.15) is 57.6 Å². The molecule has 2 atom stereocenters. The molecule has 0 bridgehead atoms. The summed E-state index contributed by atoms with van der Waals surface area (Å²) in [7, 11) is 0. The van der Waals surface area contributed by atoms with Gasteiger partial charge in [0.05, 0.1) is 6.10 Å². The maximum atomic E-state index is 9.71. The Hall–Kier alpha value is -0.540. The summed E-state index contributed by atoms with van der Waals surface area (Å²) in [5.41, 5.74) is 2.25. The van der Waals surface area contributed by atoms with E-state index in [4.69, 9.17) is 0 Å². The van der Waals surface area contributed by atoms with Crippen LogP contribution in [-0.4, -0.2) is 17.7 Å². The van der Waals surface area contributed by atoms with Gasteiger partial charge in [-0.1, -0.05) is 41.8 Å². The van der Waals surface area contributed by atoms with Gasteiger partial charge < -0.3 is 10.0 Å². The molecule has 1 N–H and O–H groups in total. The number of benzene rings is 1. The molecule has 0 amide bonds. The lowest BCUT2D eigenvalue weighted by atomic mass is 10.1. The standard InChI is InChI=1S/C16H24BrNO/c1-3-13-7-5-4-6-10-18(13)14-8-9-15(12(2)19)16(17)11-14/h8-9,11-13,19H,3-7,10H2,1-2H3/t12-,13?/m0/s1. The predicted molar refractivity (Wildman–Crippen MR) is 84.7 cm³/mol. The molecule has 0 radical (unpaired) electrons. The molecule has 3 heteroatoms. The molecule has 0 spiro atoms. The van der Waals surface area contributed by atoms with Crippen molar-refractivity contribution in [2.24, 2.45) is 0 Å². The number of anilines is 1. The minimum atomic E-state index is -0.422. The first kappa shape index (κ1) is 14.9. The molecule has 2 rings (SSSR count). The maximum absolute atomic E-state index is 9.71. The topological polar surface area (TPSA) is 23.5 Å². The van der Waals surface area contributed by atoms with E-state index < -0.39 is 6.10 Å². The van der Waals surface area contributed by atoms with Crippen LogP contribution in [0.5, 0.6) is 0 Å². The molecule has 1 aliphatic heterocycles. The zero-order valence-electron chi connectivity index (χ0n) is 11.9. The Bertz CT molecular complexity index is 419. The van der Waals surface area contributed by atoms with Gasteiger partial charge in [0, 0.05) is 22.7 Å². The van der Waals surface area contributed by atoms with Crippen molar-refractivity contribution in [1.29, 1.82) is 0 Å². The Morgan fingerprint density at radius 1 is 1.37 bits per heavy atom. The highest BCUT2D eigenvalue weighted by atomic mass is 79.9. The van der Waals surface area contributed by atoms with Crippen molar-refractivity contribution in [1.82, 2.24) is 0 Å². The molecule has 2 nitrogen and oxygen atoms in total. The van der Waals surface area contributed by atoms with Gasteiger partial charge >= 0.3 is 0 Å². The summed E-state index contributed by atoms with van der Waals surface area (Å²) >= 11 is 3.59. The Morgan fingerprint density at radius 2 is 2.16 bits per heavy atom. The number of halogens is 1. The van der Waals surface area contributed by atoms with Gasteiger partial charge in [-0.3, -0.25) is 0 Å². The molecule has 106 valence electrons. The first-order chi connectivity index (χ1) is 9.13. The van der Waals surface area contributed by atoms with E-state index in [1.807, 2.05) is 6.07 Å². The molecule has 0 aliphatic carbocycles. The van der Waals surface area contributed by atoms with Crippen LogP contribution in [0.3, 0.4) is 0 Å². The lowest BCUT2D eigenvalue weighted by Gasteiger charge is -2.32. The van der Waals surface area contributed by atoms with E-state index in [0.29, 0.717) is 6.04 Å². The van der Waals surface area contributed by atoms with Gasteiger partial charge in [0.15, 0.2) is 0 Å². The number of rotatable bonds is 3. The van der Waals surface area contributed by atoms with Crippen LogP contribution in [0.25, 0.3) is 0 Å². The molecule has 1 heterocycles. The summed E-state index contributed by atoms with van der Waals surface area (Å²) in [5.74, 6) is 0. The summed E-state index contributed by atoms with van der Waals surface area (Å²) in [6.45, 7) is 5.24. The second kappa shape index (κ2) is 6.76. The van der Waals surface area contributed by atoms with E-state index in [2.05, 4.69) is 39.9 Å². The molecule has 1 aromatic rings. The summed E-state index contributed by atoms with van der Waals surface area (Å²) in [5, 5.41) is 9.71. The van der Waals surface area contributed by atoms with Gasteiger partial charge in [0.2, 0.25) is 0 Å². The van der Waals surface area contributed by atoms with Crippen molar-refractivity contribution < 1.29 is 5.11 Å². The number of hydrogen-bond acceptors (Lipinski definition) is 2. The predicted octanol–water partition coefficient (Wildman–Crippen LogP) is 4.66. The van der Waals surface area contributed by atoms with Crippen LogP contribution in [0.2, 0.25) is 0 Å². The Morgan fingerprint density at radius 3 is 2.79 bits per heavy atom. The lowest BCUT2D eigenvalue weighted by molar-refractivity contribution is 0.198. The third-order valence-electron chi connectivity index (χ3n) is 4.11. The third-order valence-corrected chi connectivity index (χ3v) is 4.80. The molecular weight excluding hydrogens is 302 g/mol. The monoisotopic (exact) mass is 325 g/mol. The second-order valence-corrected chi connectivity index (χ2v) is 6.34. The van der Waals surface area contributed by atoms with E-state index in [0.717, 1.165) is 16.6 Å². The SMILES string of the molecule is CCC1CCCCCN1c1ccc([C@H](C)O)c(Br)c1. The van der Waals surface area contributed by atoms with Crippen LogP contribution >= 0.6 is 15.9 Å². The number of nitrogens with zero attached hydrogens (tertiary/aromatic N) is 1. The zero-order valence-corrected chi connectivity index (χ0v) is 13.5. The fourth-order valence-corrected chi connectivity index (χ4v) is 3.67. The molecule has 1 fully saturated rings. The van der Waals surface area contributed by atoms with Crippen molar-refractivity contribution >= 4 is 21.6 Å². The largest absolute Gasteiger partial charge is 0.389 e. The normalized spacial score (nSPS) is 22.1. The molecule has 1 saturated heterocycles. The van der Waals surface area contributed by atoms with Crippen molar-refractivity contribution in [3.8, 4) is 0 Å². The van der Waals surface area contributed by atoms with Crippen molar-refractivity contribution in [2.75, 3.05) is 11.4 Å². The molecule has 0 aromatic heterocycles. The lowest BCUT2D eigenvalue weighted by Crippen LogP contribution is -2.34. The van der Waals surface area contributed by atoms with Crippen LogP contribution in [0, 0.1) is 0 Å². The molecule has 1 aliphatic rings. The zero-order chi connectivity index (χ0) is 13.8. The number of hydrogen-bond donors (Lipinski definition) is 1. The van der Waals surface area contributed by atoms with Crippen LogP contribution in [0.4, 0.5) is 5.69 Å². The van der Waals surface area contributed by atoms with Gasteiger partial charge in [0.25, 0.3) is 0 Å². The van der Waals surface area contributed by atoms with Gasteiger partial charge in [0.1, 0.15) is 0 Å². The highest BCUT2D eigenvalue weighted by Gasteiger charge is 2.20. The van der Waals surface area contributed by atoms with Gasteiger partial charge in [-0.15, -0.1) is 0 Å². The Labute approximate surface area is 124 Å². The average Bonchev–Trinajstić information content (AvgIpc) is 2.63. The minimum Gasteiger partial charge on any atom is -0.389 e. The molecule has 0 saturated carbocycles. The first-order valence-electron chi connectivity index (χ1n) is 7.37. The van der Waals surface area contributed by atoms with E-state index >= 15 is 0 Å². The highest BCUT2D eigenvalue weighted by molar-refractivity contribution is 9.10. The van der Waals surface area contributed by atoms with Crippen molar-refractivity contribution in [2.45, 2.75) is 58.1 Å². The van der Waals surface area contributed by atoms with Crippen LogP contribution in [-0.2, 0) is 0 Å². The maximum Gasteiger partial charge on any atom is 0.0772 e. The van der Waals surface area contributed by atoms with Crippen LogP contribution < -0.4 is 4.90 Å². The van der Waals surface area contributed by atoms with Crippen molar-refractivity contribution in [3.05, 3.63) is 28.2 Å². The minimum absolute atomic E-state index is 0.422. The molecule has 19 heavy (non-hydrogen) atoms. The summed E-state index contributed by atoms with van der Waals surface area (Å²) in [4.78, 5) is 2.55. The van der Waals surface area contributed by atoms with Gasteiger partial charge in [-0.2, -0.15) is 0 Å². The second-order valence-electron chi connectivity index (χ2n) is 5.49. The van der Waals surface area contributed by atoms with Gasteiger partial charge in [-0.05, 0) is 43.9 Å². The Kier molecular flexibility index (Phi) is 5.28. The fourth-order valence-electron chi connectivity index (χ4n) is 2.98. The summed E-state index contributed by atoms with van der Waals surface area (Å²) < 4.78 is 1.01. The fraction of sp³-hybridized carbons (Fsp3) is 0.625. The number of aliphatic hydroxyl groups excluding tert-OH is 1. The third kappa shape index (κ3) is 3.51.